The number of amides is 2. The van der Waals surface area contributed by atoms with Crippen LogP contribution in [0.25, 0.3) is 11.1 Å². The number of aliphatic hydroxyl groups excluding tert-OH is 1. The zero-order valence-electron chi connectivity index (χ0n) is 24.0. The summed E-state index contributed by atoms with van der Waals surface area (Å²) in [5.74, 6) is 0.434. The second kappa shape index (κ2) is 15.2. The molecule has 8 nitrogen and oxygen atoms in total. The van der Waals surface area contributed by atoms with E-state index in [1.165, 1.54) is 7.11 Å². The number of carbonyl (C=O) groups excluding carboxylic acids is 2. The fourth-order valence-electron chi connectivity index (χ4n) is 4.94. The van der Waals surface area contributed by atoms with Gasteiger partial charge >= 0.3 is 176 Å². The number of carbonyl (C=O) groups is 2. The van der Waals surface area contributed by atoms with Gasteiger partial charge in [-0.15, -0.1) is 0 Å². The molecule has 1 saturated heterocycles. The van der Waals surface area contributed by atoms with Gasteiger partial charge in [0.25, 0.3) is 0 Å². The molecule has 41 heavy (non-hydrogen) atoms. The summed E-state index contributed by atoms with van der Waals surface area (Å²) < 4.78 is 13.6. The van der Waals surface area contributed by atoms with Crippen LogP contribution in [0.15, 0.2) is 66.7 Å². The molecular weight excluding hydrogens is 633 g/mol. The van der Waals surface area contributed by atoms with Crippen LogP contribution in [0.4, 0.5) is 16.2 Å². The van der Waals surface area contributed by atoms with Gasteiger partial charge < -0.3 is 15.2 Å². The summed E-state index contributed by atoms with van der Waals surface area (Å²) in [4.78, 5) is 30.2. The van der Waals surface area contributed by atoms with Crippen molar-refractivity contribution < 1.29 is 24.2 Å². The van der Waals surface area contributed by atoms with E-state index in [2.05, 4.69) is 23.6 Å². The first-order valence-electron chi connectivity index (χ1n) is 13.8. The van der Waals surface area contributed by atoms with Crippen LogP contribution in [-0.4, -0.2) is 56.4 Å². The van der Waals surface area contributed by atoms with Crippen molar-refractivity contribution in [3.63, 3.8) is 0 Å². The molecule has 3 aromatic rings. The average molecular weight is 674 g/mol. The van der Waals surface area contributed by atoms with Gasteiger partial charge in [-0.2, -0.15) is 0 Å². The molecule has 3 aromatic carbocycles. The van der Waals surface area contributed by atoms with E-state index in [0.717, 1.165) is 42.6 Å². The van der Waals surface area contributed by atoms with Crippen molar-refractivity contribution in [3.05, 3.63) is 77.9 Å². The van der Waals surface area contributed by atoms with E-state index in [4.69, 9.17) is 9.47 Å². The van der Waals surface area contributed by atoms with E-state index in [0.29, 0.717) is 42.0 Å². The largest absolute Gasteiger partial charge is 0.392 e. The minimum absolute atomic E-state index is 0.0925. The zero-order valence-corrected chi connectivity index (χ0v) is 26.1. The Morgan fingerprint density at radius 1 is 1.05 bits per heavy atom. The van der Waals surface area contributed by atoms with Gasteiger partial charge in [0.15, 0.2) is 0 Å². The van der Waals surface area contributed by atoms with Crippen LogP contribution in [0.3, 0.4) is 0 Å². The minimum atomic E-state index is -1.10. The van der Waals surface area contributed by atoms with Crippen molar-refractivity contribution in [1.82, 2.24) is 3.11 Å². The molecule has 0 aromatic heterocycles. The number of halogens is 1. The second-order valence-corrected chi connectivity index (χ2v) is 15.7. The van der Waals surface area contributed by atoms with Gasteiger partial charge in [-0.1, -0.05) is 6.07 Å². The molecule has 0 aliphatic carbocycles. The molecule has 1 heterocycles. The summed E-state index contributed by atoms with van der Waals surface area (Å²) in [6.45, 7) is 1.78. The molecule has 0 saturated carbocycles. The fourth-order valence-corrected chi connectivity index (χ4v) is 7.47. The third-order valence-corrected chi connectivity index (χ3v) is 10.7. The first kappa shape index (κ1) is 30.8. The topological polar surface area (TPSA) is 100 Å². The first-order valence-corrected chi connectivity index (χ1v) is 19.1. The maximum Gasteiger partial charge on any atom is 0.0718 e. The molecule has 1 aliphatic rings. The SMILES string of the molecule is COc1cc(NC(=O)CCCc2ccc(-c3ccccc3)c(NC(=O)OC3CCCN(I(C)C)C3)c2)ccc1CO. The van der Waals surface area contributed by atoms with E-state index >= 15 is 0 Å². The van der Waals surface area contributed by atoms with Crippen LogP contribution in [-0.2, 0) is 22.6 Å². The Morgan fingerprint density at radius 3 is 2.59 bits per heavy atom. The summed E-state index contributed by atoms with van der Waals surface area (Å²) in [5.41, 5.74) is 4.94. The summed E-state index contributed by atoms with van der Waals surface area (Å²) >= 11 is -1.10. The standard InChI is InChI=1S/C32H40IN3O5/c1-33(2)36-18-8-12-27(21-36)41-32(39)35-29-19-23(14-17-28(29)24-10-5-4-6-11-24)9-7-13-31(38)34-26-16-15-25(22-37)30(20-26)40-3/h4-6,10-11,14-17,19-20,27,37H,7-9,12-13,18,21-22H2,1-3H3,(H,34,38)(H,35,39). The smallest absolute Gasteiger partial charge is 0.0718 e. The minimum Gasteiger partial charge on any atom is -0.392 e. The fraction of sp³-hybridized carbons (Fsp3) is 0.375. The van der Waals surface area contributed by atoms with E-state index < -0.39 is 26.2 Å². The average Bonchev–Trinajstić information content (AvgIpc) is 2.97. The number of aryl methyl sites for hydroxylation is 1. The van der Waals surface area contributed by atoms with Gasteiger partial charge in [0.1, 0.15) is 5.75 Å². The molecule has 220 valence electrons. The van der Waals surface area contributed by atoms with Crippen LogP contribution in [0.2, 0.25) is 0 Å². The van der Waals surface area contributed by atoms with Gasteiger partial charge in [-0.3, -0.25) is 4.79 Å². The van der Waals surface area contributed by atoms with Gasteiger partial charge in [0.2, 0.25) is 5.91 Å². The number of hydrogen-bond donors (Lipinski definition) is 3. The van der Waals surface area contributed by atoms with Crippen molar-refractivity contribution in [2.45, 2.75) is 44.8 Å². The Hall–Kier alpha value is -3.15. The number of hydrogen-bond acceptors (Lipinski definition) is 6. The third kappa shape index (κ3) is 8.92. The number of anilines is 2. The number of benzene rings is 3. The molecule has 0 radical (unpaired) electrons. The predicted octanol–water partition coefficient (Wildman–Crippen LogP) is 6.51. The van der Waals surface area contributed by atoms with Crippen molar-refractivity contribution >= 4 is 43.5 Å². The Bertz CT molecular complexity index is 1320. The van der Waals surface area contributed by atoms with Crippen molar-refractivity contribution in [2.75, 3.05) is 40.7 Å². The summed E-state index contributed by atoms with van der Waals surface area (Å²) in [6.07, 6.45) is 3.08. The van der Waals surface area contributed by atoms with E-state index in [1.807, 2.05) is 48.5 Å². The number of alkyl halides is 2. The number of nitrogens with one attached hydrogen (secondary N) is 2. The number of rotatable bonds is 11. The normalized spacial score (nSPS) is 15.6. The van der Waals surface area contributed by atoms with Crippen LogP contribution in [0.5, 0.6) is 5.75 Å². The summed E-state index contributed by atoms with van der Waals surface area (Å²) in [5, 5.41) is 15.3. The molecule has 3 N–H and O–H groups in total. The molecule has 1 atom stereocenters. The molecule has 2 amide bonds. The van der Waals surface area contributed by atoms with E-state index in [-0.39, 0.29) is 18.6 Å². The van der Waals surface area contributed by atoms with Crippen molar-refractivity contribution in [2.24, 2.45) is 0 Å². The Kier molecular flexibility index (Phi) is 11.4. The van der Waals surface area contributed by atoms with Crippen LogP contribution >= 0.6 is 20.1 Å². The molecule has 1 fully saturated rings. The van der Waals surface area contributed by atoms with Crippen molar-refractivity contribution in [1.29, 1.82) is 0 Å². The Morgan fingerprint density at radius 2 is 1.85 bits per heavy atom. The van der Waals surface area contributed by atoms with Gasteiger partial charge in [-0.05, 0) is 6.07 Å². The molecule has 1 aliphatic heterocycles. The molecule has 0 spiro atoms. The van der Waals surface area contributed by atoms with Gasteiger partial charge in [0.05, 0.1) is 13.7 Å². The van der Waals surface area contributed by atoms with E-state index in [9.17, 15) is 14.7 Å². The Balaban J connectivity index is 1.39. The van der Waals surface area contributed by atoms with Gasteiger partial charge in [-0.25, -0.2) is 0 Å². The molecule has 4 rings (SSSR count). The molecule has 0 bridgehead atoms. The summed E-state index contributed by atoms with van der Waals surface area (Å²) in [7, 11) is 1.53. The predicted molar refractivity (Wildman–Crippen MR) is 173 cm³/mol. The molecular formula is C32H40IN3O5. The van der Waals surface area contributed by atoms with Gasteiger partial charge in [0, 0.05) is 17.3 Å². The number of aliphatic hydroxyl groups is 1. The quantitative estimate of drug-likeness (QED) is 0.122. The van der Waals surface area contributed by atoms with Crippen LogP contribution in [0, 0.1) is 0 Å². The van der Waals surface area contributed by atoms with Crippen LogP contribution < -0.4 is 15.4 Å². The Labute approximate surface area is 250 Å². The monoisotopic (exact) mass is 673 g/mol. The number of nitrogens with zero attached hydrogens (tertiary/aromatic N) is 1. The maximum absolute atomic E-state index is 13.0. The number of methoxy groups -OCH3 is 1. The van der Waals surface area contributed by atoms with Crippen LogP contribution in [0.1, 0.15) is 36.8 Å². The first-order chi connectivity index (χ1) is 19.9. The molecule has 9 heteroatoms. The third-order valence-electron chi connectivity index (χ3n) is 7.10. The molecule has 1 unspecified atom stereocenters. The summed E-state index contributed by atoms with van der Waals surface area (Å²) in [6, 6.07) is 21.2. The number of ether oxygens (including phenoxy) is 2. The maximum atomic E-state index is 13.0. The van der Waals surface area contributed by atoms with E-state index in [1.54, 1.807) is 18.2 Å². The zero-order chi connectivity index (χ0) is 29.2. The second-order valence-electron chi connectivity index (χ2n) is 10.2. The number of piperidine rings is 1. The van der Waals surface area contributed by atoms with Crippen molar-refractivity contribution in [3.8, 4) is 16.9 Å².